The molecule has 0 amide bonds. The Kier molecular flexibility index (Phi) is 35.2. The summed E-state index contributed by atoms with van der Waals surface area (Å²) in [6.45, 7) is 4.81. The van der Waals surface area contributed by atoms with Gasteiger partial charge in [-0.1, -0.05) is 154 Å². The molecule has 0 unspecified atom stereocenters. The summed E-state index contributed by atoms with van der Waals surface area (Å²) in [6, 6.07) is 3.09. The normalized spacial score (nSPS) is 11.7. The first-order chi connectivity index (χ1) is 25.3. The summed E-state index contributed by atoms with van der Waals surface area (Å²) >= 11 is 0. The average molecular weight is 769 g/mol. The van der Waals surface area contributed by atoms with Gasteiger partial charge in [-0.05, 0) is 82.4 Å². The van der Waals surface area contributed by atoms with Crippen LogP contribution in [0.15, 0.2) is 47.4 Å². The fourth-order valence-corrected chi connectivity index (χ4v) is 6.71. The number of rotatable bonds is 35. The zero-order valence-electron chi connectivity index (χ0n) is 34.0. The molecule has 0 aliphatic carbocycles. The van der Waals surface area contributed by atoms with Gasteiger partial charge in [0, 0.05) is 0 Å². The predicted octanol–water partition coefficient (Wildman–Crippen LogP) is 9.98. The van der Waals surface area contributed by atoms with Crippen molar-refractivity contribution in [2.24, 2.45) is 0 Å². The van der Waals surface area contributed by atoms with Crippen molar-refractivity contribution < 1.29 is 61.6 Å². The summed E-state index contributed by atoms with van der Waals surface area (Å²) in [5.41, 5.74) is -0.378. The van der Waals surface area contributed by atoms with Crippen molar-refractivity contribution in [1.29, 1.82) is 0 Å². The standard InChI is InChI=1S/C44H74O7S.Na/c1-3-5-7-9-11-13-15-17-19-21-23-25-27-29-31-33-37-50-43(45)41-36-35-40(52(47,48)49)39-42(41)44(46)51-38-34-32-30-28-26-24-22-20-18-16-14-12-10-8-6-4-2;/h25-28,35-36,39H,3-24,29-34,37-38H2,1-2H3,(H,47,48,49);/q;+1/p-1/b27-25+,28-26+;. The van der Waals surface area contributed by atoms with E-state index in [1.54, 1.807) is 0 Å². The first-order valence-electron chi connectivity index (χ1n) is 21.0. The first-order valence-corrected chi connectivity index (χ1v) is 22.5. The number of hydrogen-bond donors (Lipinski definition) is 0. The maximum atomic E-state index is 12.9. The van der Waals surface area contributed by atoms with Crippen LogP contribution in [0.5, 0.6) is 0 Å². The molecule has 0 aromatic heterocycles. The fourth-order valence-electron chi connectivity index (χ4n) is 6.21. The number of benzene rings is 1. The van der Waals surface area contributed by atoms with Gasteiger partial charge >= 0.3 is 41.5 Å². The van der Waals surface area contributed by atoms with Crippen molar-refractivity contribution in [3.63, 3.8) is 0 Å². The van der Waals surface area contributed by atoms with Crippen LogP contribution in [0, 0.1) is 0 Å². The second-order valence-electron chi connectivity index (χ2n) is 14.3. The number of carbonyl (C=O) groups excluding carboxylic acids is 2. The Balaban J connectivity index is 0.0000270. The van der Waals surface area contributed by atoms with Crippen molar-refractivity contribution in [3.05, 3.63) is 53.6 Å². The Morgan fingerprint density at radius 1 is 0.509 bits per heavy atom. The zero-order valence-corrected chi connectivity index (χ0v) is 36.8. The van der Waals surface area contributed by atoms with Crippen LogP contribution in [-0.2, 0) is 19.6 Å². The van der Waals surface area contributed by atoms with Gasteiger partial charge in [0.1, 0.15) is 10.1 Å². The molecule has 0 bridgehead atoms. The molecule has 0 fully saturated rings. The minimum absolute atomic E-state index is 0. The van der Waals surface area contributed by atoms with Gasteiger partial charge in [-0.25, -0.2) is 18.0 Å². The summed E-state index contributed by atoms with van der Waals surface area (Å²) in [5.74, 6) is -1.59. The summed E-state index contributed by atoms with van der Waals surface area (Å²) in [6.07, 6.45) is 42.4. The van der Waals surface area contributed by atoms with E-state index in [9.17, 15) is 22.6 Å². The molecule has 0 aliphatic rings. The van der Waals surface area contributed by atoms with Gasteiger partial charge in [0.15, 0.2) is 0 Å². The smallest absolute Gasteiger partial charge is 0.744 e. The molecule has 1 aromatic carbocycles. The second-order valence-corrected chi connectivity index (χ2v) is 15.7. The molecule has 53 heavy (non-hydrogen) atoms. The van der Waals surface area contributed by atoms with Gasteiger partial charge in [-0.15, -0.1) is 0 Å². The Hall–Kier alpha value is -1.45. The SMILES string of the molecule is CCCCCCCCCCCC/C=C/CCCCOC(=O)c1ccc(S(=O)(=O)[O-])cc1C(=O)OCCCC/C=C/CCCCCCCCCCCC.[Na+]. The van der Waals surface area contributed by atoms with E-state index >= 15 is 0 Å². The van der Waals surface area contributed by atoms with E-state index < -0.39 is 27.0 Å². The van der Waals surface area contributed by atoms with E-state index in [1.807, 2.05) is 0 Å². The molecule has 0 saturated heterocycles. The Labute approximate surface area is 347 Å². The van der Waals surface area contributed by atoms with E-state index in [1.165, 1.54) is 128 Å². The molecule has 0 radical (unpaired) electrons. The molecule has 0 N–H and O–H groups in total. The average Bonchev–Trinajstić information content (AvgIpc) is 3.13. The van der Waals surface area contributed by atoms with Crippen LogP contribution in [0.3, 0.4) is 0 Å². The summed E-state index contributed by atoms with van der Waals surface area (Å²) in [5, 5.41) is 0. The van der Waals surface area contributed by atoms with Crippen LogP contribution in [0.25, 0.3) is 0 Å². The molecule has 9 heteroatoms. The third-order valence-corrected chi connectivity index (χ3v) is 10.3. The van der Waals surface area contributed by atoms with Crippen molar-refractivity contribution in [2.45, 2.75) is 199 Å². The van der Waals surface area contributed by atoms with E-state index in [0.717, 1.165) is 56.7 Å². The minimum atomic E-state index is -4.82. The zero-order chi connectivity index (χ0) is 38.0. The van der Waals surface area contributed by atoms with Gasteiger partial charge in [-0.3, -0.25) is 0 Å². The van der Waals surface area contributed by atoms with Crippen molar-refractivity contribution in [1.82, 2.24) is 0 Å². The van der Waals surface area contributed by atoms with E-state index in [4.69, 9.17) is 9.47 Å². The third kappa shape index (κ3) is 29.5. The van der Waals surface area contributed by atoms with Crippen molar-refractivity contribution in [2.75, 3.05) is 13.2 Å². The third-order valence-electron chi connectivity index (χ3n) is 9.50. The van der Waals surface area contributed by atoms with Gasteiger partial charge in [0.2, 0.25) is 0 Å². The molecule has 1 aromatic rings. The molecule has 1 rings (SSSR count). The van der Waals surface area contributed by atoms with Gasteiger partial charge in [0.05, 0.1) is 29.2 Å². The van der Waals surface area contributed by atoms with Crippen LogP contribution >= 0.6 is 0 Å². The van der Waals surface area contributed by atoms with Crippen LogP contribution in [-0.4, -0.2) is 38.1 Å². The van der Waals surface area contributed by atoms with Gasteiger partial charge in [0.25, 0.3) is 0 Å². The van der Waals surface area contributed by atoms with Gasteiger partial charge in [-0.2, -0.15) is 0 Å². The first kappa shape index (κ1) is 51.5. The molecule has 0 spiro atoms. The molecule has 0 saturated carbocycles. The maximum Gasteiger partial charge on any atom is 1.00 e. The molecule has 7 nitrogen and oxygen atoms in total. The Morgan fingerprint density at radius 3 is 1.19 bits per heavy atom. The van der Waals surface area contributed by atoms with E-state index in [-0.39, 0.29) is 53.9 Å². The number of ether oxygens (including phenoxy) is 2. The van der Waals surface area contributed by atoms with Crippen molar-refractivity contribution in [3.8, 4) is 0 Å². The van der Waals surface area contributed by atoms with Crippen LogP contribution in [0.1, 0.15) is 214 Å². The summed E-state index contributed by atoms with van der Waals surface area (Å²) < 4.78 is 45.6. The monoisotopic (exact) mass is 768 g/mol. The molecular formula is C44H73NaO7S. The number of carbonyl (C=O) groups is 2. The summed E-state index contributed by atoms with van der Waals surface area (Å²) in [4.78, 5) is 25.1. The van der Waals surface area contributed by atoms with Crippen LogP contribution < -0.4 is 29.6 Å². The van der Waals surface area contributed by atoms with Gasteiger partial charge < -0.3 is 14.0 Å². The number of allylic oxidation sites excluding steroid dienone is 4. The second kappa shape index (κ2) is 36.2. The van der Waals surface area contributed by atoms with E-state index in [2.05, 4.69) is 38.2 Å². The molecule has 298 valence electrons. The Morgan fingerprint density at radius 2 is 0.830 bits per heavy atom. The fraction of sp³-hybridized carbons (Fsp3) is 0.727. The van der Waals surface area contributed by atoms with E-state index in [0.29, 0.717) is 12.8 Å². The topological polar surface area (TPSA) is 110 Å². The molecule has 0 heterocycles. The minimum Gasteiger partial charge on any atom is -0.744 e. The molecule has 0 aliphatic heterocycles. The quantitative estimate of drug-likeness (QED) is 0.0222. The van der Waals surface area contributed by atoms with Crippen LogP contribution in [0.2, 0.25) is 0 Å². The summed E-state index contributed by atoms with van der Waals surface area (Å²) in [7, 11) is -4.82. The number of esters is 2. The number of hydrogen-bond acceptors (Lipinski definition) is 7. The largest absolute Gasteiger partial charge is 1.00 e. The predicted molar refractivity (Wildman–Crippen MR) is 214 cm³/mol. The number of unbranched alkanes of at least 4 members (excludes halogenated alkanes) is 24. The Bertz CT molecular complexity index is 1210. The maximum absolute atomic E-state index is 12.9. The van der Waals surface area contributed by atoms with Crippen molar-refractivity contribution >= 4 is 22.1 Å². The molecular weight excluding hydrogens is 696 g/mol. The molecule has 0 atom stereocenters. The van der Waals surface area contributed by atoms with Crippen LogP contribution in [0.4, 0.5) is 0 Å².